The topological polar surface area (TPSA) is 12.0 Å². The van der Waals surface area contributed by atoms with Gasteiger partial charge in [-0.2, -0.15) is 13.2 Å². The smallest absolute Gasteiger partial charge is 0.310 e. The van der Waals surface area contributed by atoms with Crippen LogP contribution < -0.4 is 5.32 Å². The Balaban J connectivity index is 2.97. The quantitative estimate of drug-likeness (QED) is 0.572. The molecule has 0 fully saturated rings. The van der Waals surface area contributed by atoms with Crippen molar-refractivity contribution in [2.24, 2.45) is 0 Å². The summed E-state index contributed by atoms with van der Waals surface area (Å²) in [6.07, 6.45) is 3.66. The highest BCUT2D eigenvalue weighted by molar-refractivity contribution is 5.32. The number of nitrogens with one attached hydrogen (secondary N) is 1. The van der Waals surface area contributed by atoms with Gasteiger partial charge in [0.05, 0.1) is 5.56 Å². The van der Waals surface area contributed by atoms with Crippen LogP contribution in [-0.4, -0.2) is 6.54 Å². The molecule has 0 aliphatic carbocycles. The molecule has 20 heavy (non-hydrogen) atoms. The predicted octanol–water partition coefficient (Wildman–Crippen LogP) is 4.55. The van der Waals surface area contributed by atoms with Gasteiger partial charge in [0, 0.05) is 12.5 Å². The maximum Gasteiger partial charge on any atom is 0.416 e. The van der Waals surface area contributed by atoms with Gasteiger partial charge in [0.1, 0.15) is 0 Å². The highest BCUT2D eigenvalue weighted by Gasteiger charge is 2.34. The Labute approximate surface area is 118 Å². The van der Waals surface area contributed by atoms with Crippen molar-refractivity contribution < 1.29 is 13.2 Å². The predicted molar refractivity (Wildman–Crippen MR) is 75.2 cm³/mol. The van der Waals surface area contributed by atoms with Gasteiger partial charge in [-0.15, -0.1) is 12.3 Å². The van der Waals surface area contributed by atoms with Gasteiger partial charge in [0.15, 0.2) is 0 Å². The molecule has 0 heterocycles. The summed E-state index contributed by atoms with van der Waals surface area (Å²) in [5, 5.41) is 3.19. The van der Waals surface area contributed by atoms with Gasteiger partial charge in [0.25, 0.3) is 0 Å². The summed E-state index contributed by atoms with van der Waals surface area (Å²) >= 11 is 0. The summed E-state index contributed by atoms with van der Waals surface area (Å²) in [5.74, 6) is 2.53. The number of unbranched alkanes of at least 4 members (excludes halogenated alkanes) is 1. The first-order valence-corrected chi connectivity index (χ1v) is 6.83. The van der Waals surface area contributed by atoms with Crippen molar-refractivity contribution in [1.29, 1.82) is 0 Å². The molecule has 0 saturated carbocycles. The van der Waals surface area contributed by atoms with Crippen molar-refractivity contribution in [3.05, 3.63) is 35.4 Å². The van der Waals surface area contributed by atoms with Gasteiger partial charge in [-0.25, -0.2) is 0 Å². The molecule has 0 saturated heterocycles. The van der Waals surface area contributed by atoms with E-state index in [1.165, 1.54) is 6.07 Å². The van der Waals surface area contributed by atoms with E-state index in [1.807, 2.05) is 6.92 Å². The second-order valence-electron chi connectivity index (χ2n) is 4.69. The molecular weight excluding hydrogens is 263 g/mol. The van der Waals surface area contributed by atoms with Crippen LogP contribution in [0.2, 0.25) is 0 Å². The Bertz CT molecular complexity index is 446. The maximum atomic E-state index is 13.1. The third-order valence-electron chi connectivity index (χ3n) is 3.10. The number of hydrogen-bond donors (Lipinski definition) is 1. The van der Waals surface area contributed by atoms with Crippen LogP contribution in [0.3, 0.4) is 0 Å². The van der Waals surface area contributed by atoms with Gasteiger partial charge in [-0.3, -0.25) is 0 Å². The van der Waals surface area contributed by atoms with Crippen molar-refractivity contribution in [3.63, 3.8) is 0 Å². The van der Waals surface area contributed by atoms with Crippen LogP contribution in [0.5, 0.6) is 0 Å². The Kier molecular flexibility index (Phi) is 6.60. The van der Waals surface area contributed by atoms with Crippen LogP contribution in [0, 0.1) is 12.3 Å². The standard InChI is InChI=1S/C16H20F3N/c1-3-5-6-11-15(20-12-4-2)13-9-7-8-10-14(13)16(17,18)19/h1,7-10,15,20H,4-6,11-12H2,2H3. The average Bonchev–Trinajstić information content (AvgIpc) is 2.42. The zero-order valence-electron chi connectivity index (χ0n) is 11.6. The highest BCUT2D eigenvalue weighted by Crippen LogP contribution is 2.35. The van der Waals surface area contributed by atoms with Crippen LogP contribution >= 0.6 is 0 Å². The van der Waals surface area contributed by atoms with E-state index in [0.717, 1.165) is 12.5 Å². The number of halogens is 3. The third kappa shape index (κ3) is 4.90. The molecule has 1 nitrogen and oxygen atoms in total. The number of benzene rings is 1. The fourth-order valence-corrected chi connectivity index (χ4v) is 2.15. The van der Waals surface area contributed by atoms with E-state index in [4.69, 9.17) is 6.42 Å². The van der Waals surface area contributed by atoms with E-state index in [0.29, 0.717) is 31.4 Å². The molecule has 0 aliphatic rings. The minimum Gasteiger partial charge on any atom is -0.310 e. The zero-order valence-corrected chi connectivity index (χ0v) is 11.6. The van der Waals surface area contributed by atoms with Crippen molar-refractivity contribution in [2.75, 3.05) is 6.54 Å². The summed E-state index contributed by atoms with van der Waals surface area (Å²) in [4.78, 5) is 0. The van der Waals surface area contributed by atoms with Crippen molar-refractivity contribution in [2.45, 2.75) is 44.8 Å². The molecule has 0 aromatic heterocycles. The molecule has 1 rings (SSSR count). The molecule has 4 heteroatoms. The Morgan fingerprint density at radius 3 is 2.60 bits per heavy atom. The molecule has 110 valence electrons. The van der Waals surface area contributed by atoms with Gasteiger partial charge < -0.3 is 5.32 Å². The summed E-state index contributed by atoms with van der Waals surface area (Å²) in [5.41, 5.74) is -0.250. The van der Waals surface area contributed by atoms with E-state index in [1.54, 1.807) is 12.1 Å². The first kappa shape index (κ1) is 16.6. The fraction of sp³-hybridized carbons (Fsp3) is 0.500. The molecule has 1 N–H and O–H groups in total. The SMILES string of the molecule is C#CCCCC(NCCC)c1ccccc1C(F)(F)F. The van der Waals surface area contributed by atoms with Gasteiger partial charge in [0.2, 0.25) is 0 Å². The van der Waals surface area contributed by atoms with Crippen LogP contribution in [0.25, 0.3) is 0 Å². The monoisotopic (exact) mass is 283 g/mol. The van der Waals surface area contributed by atoms with E-state index in [-0.39, 0.29) is 6.04 Å². The third-order valence-corrected chi connectivity index (χ3v) is 3.10. The molecule has 0 aliphatic heterocycles. The largest absolute Gasteiger partial charge is 0.416 e. The van der Waals surface area contributed by atoms with Crippen LogP contribution in [0.15, 0.2) is 24.3 Å². The summed E-state index contributed by atoms with van der Waals surface area (Å²) in [6, 6.07) is 5.45. The van der Waals surface area contributed by atoms with Crippen LogP contribution in [0.4, 0.5) is 13.2 Å². The lowest BCUT2D eigenvalue weighted by Gasteiger charge is -2.22. The number of alkyl halides is 3. The normalized spacial score (nSPS) is 12.9. The highest BCUT2D eigenvalue weighted by atomic mass is 19.4. The number of rotatable bonds is 7. The van der Waals surface area contributed by atoms with Crippen LogP contribution in [0.1, 0.15) is 49.8 Å². The fourth-order valence-electron chi connectivity index (χ4n) is 2.15. The van der Waals surface area contributed by atoms with E-state index in [9.17, 15) is 13.2 Å². The lowest BCUT2D eigenvalue weighted by Crippen LogP contribution is -2.25. The van der Waals surface area contributed by atoms with E-state index in [2.05, 4.69) is 11.2 Å². The number of hydrogen-bond acceptors (Lipinski definition) is 1. The van der Waals surface area contributed by atoms with Crippen molar-refractivity contribution in [3.8, 4) is 12.3 Å². The molecule has 0 bridgehead atoms. The molecule has 0 amide bonds. The van der Waals surface area contributed by atoms with Crippen molar-refractivity contribution in [1.82, 2.24) is 5.32 Å². The van der Waals surface area contributed by atoms with Gasteiger partial charge >= 0.3 is 6.18 Å². The summed E-state index contributed by atoms with van der Waals surface area (Å²) in [7, 11) is 0. The molecule has 1 unspecified atom stereocenters. The first-order chi connectivity index (χ1) is 9.50. The minimum absolute atomic E-state index is 0.305. The Morgan fingerprint density at radius 1 is 1.30 bits per heavy atom. The Morgan fingerprint density at radius 2 is 2.00 bits per heavy atom. The average molecular weight is 283 g/mol. The van der Waals surface area contributed by atoms with E-state index < -0.39 is 11.7 Å². The van der Waals surface area contributed by atoms with E-state index >= 15 is 0 Å². The first-order valence-electron chi connectivity index (χ1n) is 6.83. The minimum atomic E-state index is -4.32. The molecule has 1 aromatic carbocycles. The number of terminal acetylenes is 1. The lowest BCUT2D eigenvalue weighted by molar-refractivity contribution is -0.138. The van der Waals surface area contributed by atoms with Gasteiger partial charge in [-0.05, 0) is 37.4 Å². The molecule has 0 radical (unpaired) electrons. The summed E-state index contributed by atoms with van der Waals surface area (Å²) < 4.78 is 39.2. The molecule has 1 aromatic rings. The Hall–Kier alpha value is -1.47. The lowest BCUT2D eigenvalue weighted by atomic mass is 9.95. The molecule has 1 atom stereocenters. The molecule has 0 spiro atoms. The molecular formula is C16H20F3N. The van der Waals surface area contributed by atoms with Crippen molar-refractivity contribution >= 4 is 0 Å². The summed E-state index contributed by atoms with van der Waals surface area (Å²) in [6.45, 7) is 2.67. The second-order valence-corrected chi connectivity index (χ2v) is 4.69. The second kappa shape index (κ2) is 7.96. The zero-order chi connectivity index (χ0) is 15.0. The van der Waals surface area contributed by atoms with Gasteiger partial charge in [-0.1, -0.05) is 25.1 Å². The van der Waals surface area contributed by atoms with Crippen LogP contribution in [-0.2, 0) is 6.18 Å². The maximum absolute atomic E-state index is 13.1.